The summed E-state index contributed by atoms with van der Waals surface area (Å²) in [6.07, 6.45) is 2.44. The topological polar surface area (TPSA) is 103 Å². The Hall–Kier alpha value is -2.67. The van der Waals surface area contributed by atoms with E-state index < -0.39 is 12.2 Å². The number of H-pyrrole nitrogens is 1. The zero-order valence-electron chi connectivity index (χ0n) is 24.1. The number of imidazole rings is 1. The van der Waals surface area contributed by atoms with E-state index in [1.807, 2.05) is 47.4 Å². The molecule has 2 aromatic carbocycles. The molecule has 0 spiro atoms. The quantitative estimate of drug-likeness (QED) is 0.379. The molecule has 3 fully saturated rings. The molecule has 3 aliphatic heterocycles. The Morgan fingerprint density at radius 1 is 0.864 bits per heavy atom. The number of hydrogen-bond acceptors (Lipinski definition) is 6. The number of nitrogens with zero attached hydrogens (tertiary/aromatic N) is 4. The molecule has 12 heteroatoms. The van der Waals surface area contributed by atoms with Crippen LogP contribution in [0.5, 0.6) is 0 Å². The number of aromatic amines is 1. The minimum absolute atomic E-state index is 0. The van der Waals surface area contributed by atoms with Gasteiger partial charge in [-0.05, 0) is 100 Å². The monoisotopic (exact) mass is 732 g/mol. The summed E-state index contributed by atoms with van der Waals surface area (Å²) >= 11 is 7.06. The summed E-state index contributed by atoms with van der Waals surface area (Å²) in [7, 11) is 0. The van der Waals surface area contributed by atoms with Crippen LogP contribution in [0.2, 0.25) is 0 Å². The van der Waals surface area contributed by atoms with Crippen LogP contribution in [0.1, 0.15) is 44.7 Å². The van der Waals surface area contributed by atoms with E-state index in [4.69, 9.17) is 4.74 Å². The van der Waals surface area contributed by atoms with Crippen LogP contribution in [0.15, 0.2) is 56.2 Å². The molecule has 44 heavy (non-hydrogen) atoms. The first kappa shape index (κ1) is 32.7. The van der Waals surface area contributed by atoms with Crippen molar-refractivity contribution in [3.05, 3.63) is 67.5 Å². The minimum Gasteiger partial charge on any atom is -0.436 e. The summed E-state index contributed by atoms with van der Waals surface area (Å²) in [5.74, 6) is -0.141. The fraction of sp³-hybridized carbons (Fsp3) is 0.531. The molecule has 3 saturated heterocycles. The van der Waals surface area contributed by atoms with E-state index in [1.54, 1.807) is 9.47 Å². The molecule has 3 aliphatic rings. The average Bonchev–Trinajstić information content (AvgIpc) is 3.38. The number of likely N-dealkylation sites (tertiary alicyclic amines) is 1. The van der Waals surface area contributed by atoms with Crippen LogP contribution in [-0.4, -0.2) is 101 Å². The first-order chi connectivity index (χ1) is 20.9. The van der Waals surface area contributed by atoms with Gasteiger partial charge >= 0.3 is 11.8 Å². The van der Waals surface area contributed by atoms with Gasteiger partial charge in [0.25, 0.3) is 5.91 Å². The molecule has 10 nitrogen and oxygen atoms in total. The predicted molar refractivity (Wildman–Crippen MR) is 179 cm³/mol. The number of hydrogen-bond donors (Lipinski definition) is 2. The number of aromatic nitrogens is 2. The summed E-state index contributed by atoms with van der Waals surface area (Å²) in [4.78, 5) is 49.0. The predicted octanol–water partition coefficient (Wildman–Crippen LogP) is 4.77. The zero-order chi connectivity index (χ0) is 29.9. The maximum absolute atomic E-state index is 13.9. The van der Waals surface area contributed by atoms with E-state index in [2.05, 4.69) is 47.1 Å². The lowest BCUT2D eigenvalue weighted by atomic mass is 10.0. The van der Waals surface area contributed by atoms with E-state index in [0.717, 1.165) is 64.6 Å². The highest BCUT2D eigenvalue weighted by Gasteiger charge is 2.35. The van der Waals surface area contributed by atoms with Gasteiger partial charge in [-0.25, -0.2) is 9.59 Å². The van der Waals surface area contributed by atoms with E-state index >= 15 is 0 Å². The lowest BCUT2D eigenvalue weighted by molar-refractivity contribution is -0.143. The second-order valence-corrected chi connectivity index (χ2v) is 13.4. The van der Waals surface area contributed by atoms with Crippen molar-refractivity contribution in [3.8, 4) is 0 Å². The Morgan fingerprint density at radius 3 is 2.27 bits per heavy atom. The molecule has 3 aromatic rings. The smallest absolute Gasteiger partial charge is 0.410 e. The van der Waals surface area contributed by atoms with E-state index in [0.29, 0.717) is 51.5 Å². The Labute approximate surface area is 275 Å². The number of rotatable bonds is 6. The van der Waals surface area contributed by atoms with Crippen LogP contribution in [-0.2, 0) is 16.0 Å². The van der Waals surface area contributed by atoms with Crippen molar-refractivity contribution in [2.45, 2.75) is 57.7 Å². The van der Waals surface area contributed by atoms with Crippen molar-refractivity contribution >= 4 is 54.9 Å². The lowest BCUT2D eigenvalue weighted by Gasteiger charge is -2.41. The van der Waals surface area contributed by atoms with Crippen LogP contribution in [0.3, 0.4) is 0 Å². The van der Waals surface area contributed by atoms with Gasteiger partial charge in [-0.1, -0.05) is 25.6 Å². The second kappa shape index (κ2) is 14.6. The van der Waals surface area contributed by atoms with Gasteiger partial charge in [-0.3, -0.25) is 14.3 Å². The van der Waals surface area contributed by atoms with E-state index in [-0.39, 0.29) is 25.1 Å². The van der Waals surface area contributed by atoms with Gasteiger partial charge in [0.2, 0.25) is 0 Å². The van der Waals surface area contributed by atoms with Gasteiger partial charge in [-0.2, -0.15) is 0 Å². The van der Waals surface area contributed by atoms with Gasteiger partial charge in [0.1, 0.15) is 0 Å². The molecule has 2 amide bonds. The number of fused-ring (bicyclic) bond motifs is 1. The highest BCUT2D eigenvalue weighted by molar-refractivity contribution is 9.13. The summed E-state index contributed by atoms with van der Waals surface area (Å²) < 4.78 is 9.62. The molecular weight excluding hydrogens is 692 g/mol. The van der Waals surface area contributed by atoms with Gasteiger partial charge in [0.05, 0.1) is 11.0 Å². The molecule has 6 rings (SSSR count). The molecule has 0 saturated carbocycles. The molecule has 0 radical (unpaired) electrons. The van der Waals surface area contributed by atoms with Crippen LogP contribution >= 0.6 is 31.9 Å². The molecule has 0 unspecified atom stereocenters. The third-order valence-electron chi connectivity index (χ3n) is 9.09. The second-order valence-electron chi connectivity index (χ2n) is 11.7. The molecule has 4 heterocycles. The highest BCUT2D eigenvalue weighted by Crippen LogP contribution is 2.27. The SMILES string of the molecule is C.O=C(O[C@H](Cc1ccc(Br)c(Br)c1)C(=O)N1CCN(C2CCNCC2)CC1)N1CCC(n2c(=O)[nH]c3ccccc32)CC1. The van der Waals surface area contributed by atoms with Crippen LogP contribution in [0, 0.1) is 0 Å². The Bertz CT molecular complexity index is 1500. The normalized spacial score (nSPS) is 19.5. The number of benzene rings is 2. The number of piperazine rings is 1. The van der Waals surface area contributed by atoms with Crippen molar-refractivity contribution in [2.24, 2.45) is 0 Å². The van der Waals surface area contributed by atoms with Gasteiger partial charge in [0.15, 0.2) is 6.10 Å². The average molecular weight is 735 g/mol. The number of para-hydroxylation sites is 2. The molecule has 0 aliphatic carbocycles. The van der Waals surface area contributed by atoms with Crippen molar-refractivity contribution in [1.82, 2.24) is 29.6 Å². The molecule has 0 bridgehead atoms. The molecule has 238 valence electrons. The first-order valence-electron chi connectivity index (χ1n) is 15.2. The maximum atomic E-state index is 13.9. The van der Waals surface area contributed by atoms with Gasteiger partial charge < -0.3 is 24.8 Å². The van der Waals surface area contributed by atoms with Crippen molar-refractivity contribution in [1.29, 1.82) is 0 Å². The molecule has 1 aromatic heterocycles. The van der Waals surface area contributed by atoms with Crippen LogP contribution < -0.4 is 11.0 Å². The van der Waals surface area contributed by atoms with Crippen molar-refractivity contribution < 1.29 is 14.3 Å². The van der Waals surface area contributed by atoms with Crippen molar-refractivity contribution in [2.75, 3.05) is 52.4 Å². The Morgan fingerprint density at radius 2 is 1.57 bits per heavy atom. The van der Waals surface area contributed by atoms with E-state index in [9.17, 15) is 14.4 Å². The third-order valence-corrected chi connectivity index (χ3v) is 11.0. The molecular formula is C32H42Br2N6O4. The number of nitrogens with one attached hydrogen (secondary N) is 2. The number of ether oxygens (including phenoxy) is 1. The van der Waals surface area contributed by atoms with Gasteiger partial charge in [-0.15, -0.1) is 0 Å². The summed E-state index contributed by atoms with van der Waals surface area (Å²) in [5, 5.41) is 3.42. The Balaban J connectivity index is 0.00000384. The summed E-state index contributed by atoms with van der Waals surface area (Å²) in [6, 6.07) is 14.0. The van der Waals surface area contributed by atoms with Crippen LogP contribution in [0.25, 0.3) is 11.0 Å². The largest absolute Gasteiger partial charge is 0.436 e. The van der Waals surface area contributed by atoms with Crippen molar-refractivity contribution in [3.63, 3.8) is 0 Å². The number of halogens is 2. The highest BCUT2D eigenvalue weighted by atomic mass is 79.9. The number of amides is 2. The lowest BCUT2D eigenvalue weighted by Crippen LogP contribution is -2.56. The fourth-order valence-corrected chi connectivity index (χ4v) is 7.36. The molecule has 2 N–H and O–H groups in total. The standard InChI is InChI=1S/C31H38Br2N6O4.CH4/c32-24-6-5-21(19-25(24)33)20-28(29(40)37-17-15-36(16-18-37)22-7-11-34-12-8-22)43-31(42)38-13-9-23(10-14-38)39-27-4-2-1-3-26(27)35-30(39)41;/h1-6,19,22-23,28,34H,7-18,20H2,(H,35,41);1H4/t28-;/m1./s1. The Kier molecular flexibility index (Phi) is 10.9. The van der Waals surface area contributed by atoms with Crippen LogP contribution in [0.4, 0.5) is 4.79 Å². The molecule has 1 atom stereocenters. The number of piperidine rings is 2. The van der Waals surface area contributed by atoms with Gasteiger partial charge in [0, 0.05) is 66.7 Å². The number of carbonyl (C=O) groups is 2. The fourth-order valence-electron chi connectivity index (χ4n) is 6.68. The third kappa shape index (κ3) is 7.24. The summed E-state index contributed by atoms with van der Waals surface area (Å²) in [5.41, 5.74) is 2.47. The minimum atomic E-state index is -0.917. The number of carbonyl (C=O) groups excluding carboxylic acids is 2. The maximum Gasteiger partial charge on any atom is 0.410 e. The first-order valence-corrected chi connectivity index (χ1v) is 16.8. The summed E-state index contributed by atoms with van der Waals surface area (Å²) in [6.45, 7) is 5.92. The zero-order valence-corrected chi connectivity index (χ0v) is 27.3. The van der Waals surface area contributed by atoms with E-state index in [1.165, 1.54) is 0 Å².